The van der Waals surface area contributed by atoms with Crippen LogP contribution in [0.25, 0.3) is 0 Å². The Morgan fingerprint density at radius 2 is 2.16 bits per heavy atom. The van der Waals surface area contributed by atoms with E-state index in [-0.39, 0.29) is 21.0 Å². The van der Waals surface area contributed by atoms with Gasteiger partial charge in [-0.15, -0.1) is 0 Å². The van der Waals surface area contributed by atoms with Crippen LogP contribution < -0.4 is 5.32 Å². The standard InChI is InChI=1S/C13H13BrClFN3O5P/c1-6-3-4-9(8(16)5-6)17-13(20)11-10(14)12(15)18-19(11)7(2)24-25(21,22)23/h3-5,7H,1-2H3,(H,17,20)(H2,21,22,23). The summed E-state index contributed by atoms with van der Waals surface area (Å²) in [7, 11) is -4.83. The van der Waals surface area contributed by atoms with Gasteiger partial charge in [-0.2, -0.15) is 5.10 Å². The number of carbonyl (C=O) groups is 1. The highest BCUT2D eigenvalue weighted by molar-refractivity contribution is 9.10. The van der Waals surface area contributed by atoms with Crippen molar-refractivity contribution in [2.45, 2.75) is 20.1 Å². The molecule has 25 heavy (non-hydrogen) atoms. The second-order valence-electron chi connectivity index (χ2n) is 5.03. The average molecular weight is 457 g/mol. The number of rotatable bonds is 5. The molecule has 0 aliphatic carbocycles. The Labute approximate surface area is 155 Å². The Morgan fingerprint density at radius 3 is 2.72 bits per heavy atom. The number of carbonyl (C=O) groups excluding carboxylic acids is 1. The zero-order valence-electron chi connectivity index (χ0n) is 12.9. The van der Waals surface area contributed by atoms with Crippen molar-refractivity contribution >= 4 is 46.9 Å². The number of hydrogen-bond acceptors (Lipinski definition) is 4. The highest BCUT2D eigenvalue weighted by Gasteiger charge is 2.28. The van der Waals surface area contributed by atoms with Gasteiger partial charge in [-0.25, -0.2) is 13.6 Å². The fourth-order valence-corrected chi connectivity index (χ4v) is 3.10. The van der Waals surface area contributed by atoms with Gasteiger partial charge in [0.25, 0.3) is 5.91 Å². The number of halogens is 3. The molecule has 1 unspecified atom stereocenters. The number of nitrogens with zero attached hydrogens (tertiary/aromatic N) is 2. The first kappa shape index (κ1) is 20.0. The lowest BCUT2D eigenvalue weighted by Crippen LogP contribution is -2.22. The summed E-state index contributed by atoms with van der Waals surface area (Å²) in [4.78, 5) is 30.3. The Morgan fingerprint density at radius 1 is 1.52 bits per heavy atom. The fourth-order valence-electron chi connectivity index (χ4n) is 2.00. The minimum atomic E-state index is -4.83. The summed E-state index contributed by atoms with van der Waals surface area (Å²) >= 11 is 8.94. The van der Waals surface area contributed by atoms with E-state index < -0.39 is 25.8 Å². The Bertz CT molecular complexity index is 872. The molecular formula is C13H13BrClFN3O5P. The van der Waals surface area contributed by atoms with Crippen LogP contribution in [0.1, 0.15) is 29.2 Å². The van der Waals surface area contributed by atoms with Crippen molar-refractivity contribution < 1.29 is 28.1 Å². The second-order valence-corrected chi connectivity index (χ2v) is 7.37. The normalized spacial score (nSPS) is 12.9. The smallest absolute Gasteiger partial charge is 0.318 e. The summed E-state index contributed by atoms with van der Waals surface area (Å²) in [6, 6.07) is 4.24. The lowest BCUT2D eigenvalue weighted by atomic mass is 10.2. The van der Waals surface area contributed by atoms with Crippen LogP contribution in [-0.2, 0) is 9.09 Å². The van der Waals surface area contributed by atoms with E-state index >= 15 is 0 Å². The summed E-state index contributed by atoms with van der Waals surface area (Å²) in [6.45, 7) is 2.96. The van der Waals surface area contributed by atoms with Crippen molar-refractivity contribution in [2.24, 2.45) is 0 Å². The summed E-state index contributed by atoms with van der Waals surface area (Å²) in [6.07, 6.45) is -1.31. The average Bonchev–Trinajstić information content (AvgIpc) is 2.76. The number of aryl methyl sites for hydroxylation is 1. The van der Waals surface area contributed by atoms with Crippen molar-refractivity contribution in [2.75, 3.05) is 5.32 Å². The molecule has 0 aliphatic rings. The van der Waals surface area contributed by atoms with Gasteiger partial charge >= 0.3 is 7.82 Å². The Hall–Kier alpha value is -1.29. The highest BCUT2D eigenvalue weighted by Crippen LogP contribution is 2.41. The van der Waals surface area contributed by atoms with Crippen LogP contribution in [-0.4, -0.2) is 25.5 Å². The Kier molecular flexibility index (Phi) is 6.03. The van der Waals surface area contributed by atoms with Crippen LogP contribution in [0, 0.1) is 12.7 Å². The van der Waals surface area contributed by atoms with E-state index in [1.807, 2.05) is 0 Å². The van der Waals surface area contributed by atoms with E-state index in [2.05, 4.69) is 30.9 Å². The third-order valence-corrected chi connectivity index (χ3v) is 4.86. The number of benzene rings is 1. The maximum absolute atomic E-state index is 13.9. The van der Waals surface area contributed by atoms with Crippen molar-refractivity contribution in [1.29, 1.82) is 0 Å². The maximum atomic E-state index is 13.9. The maximum Gasteiger partial charge on any atom is 0.471 e. The van der Waals surface area contributed by atoms with Gasteiger partial charge < -0.3 is 15.1 Å². The van der Waals surface area contributed by atoms with E-state index in [0.29, 0.717) is 5.56 Å². The van der Waals surface area contributed by atoms with Crippen LogP contribution in [0.2, 0.25) is 5.15 Å². The lowest BCUT2D eigenvalue weighted by molar-refractivity contribution is 0.0803. The number of amides is 1. The zero-order valence-corrected chi connectivity index (χ0v) is 16.1. The molecule has 12 heteroatoms. The first-order valence-electron chi connectivity index (χ1n) is 6.74. The van der Waals surface area contributed by atoms with Crippen LogP contribution >= 0.6 is 35.4 Å². The molecule has 0 fully saturated rings. The third-order valence-electron chi connectivity index (χ3n) is 3.04. The molecule has 1 heterocycles. The van der Waals surface area contributed by atoms with Gasteiger partial charge in [0.1, 0.15) is 11.5 Å². The van der Waals surface area contributed by atoms with Crippen LogP contribution in [0.3, 0.4) is 0 Å². The number of nitrogens with one attached hydrogen (secondary N) is 1. The van der Waals surface area contributed by atoms with Gasteiger partial charge in [0.05, 0.1) is 10.2 Å². The molecule has 1 amide bonds. The molecule has 8 nitrogen and oxygen atoms in total. The van der Waals surface area contributed by atoms with Crippen LogP contribution in [0.15, 0.2) is 22.7 Å². The summed E-state index contributed by atoms with van der Waals surface area (Å²) in [5, 5.41) is 6.03. The third kappa shape index (κ3) is 4.87. The number of aromatic nitrogens is 2. The van der Waals surface area contributed by atoms with Gasteiger partial charge in [0.15, 0.2) is 11.4 Å². The second kappa shape index (κ2) is 7.53. The topological polar surface area (TPSA) is 114 Å². The molecule has 136 valence electrons. The molecule has 2 aromatic rings. The largest absolute Gasteiger partial charge is 0.471 e. The van der Waals surface area contributed by atoms with Gasteiger partial charge in [0, 0.05) is 0 Å². The Balaban J connectivity index is 2.37. The predicted octanol–water partition coefficient (Wildman–Crippen LogP) is 3.63. The summed E-state index contributed by atoms with van der Waals surface area (Å²) in [5.74, 6) is -1.43. The van der Waals surface area contributed by atoms with E-state index in [0.717, 1.165) is 4.68 Å². The fraction of sp³-hybridized carbons (Fsp3) is 0.231. The van der Waals surface area contributed by atoms with Crippen LogP contribution in [0.5, 0.6) is 0 Å². The van der Waals surface area contributed by atoms with Crippen molar-refractivity contribution in [3.8, 4) is 0 Å². The number of phosphoric acid groups is 1. The molecular weight excluding hydrogens is 443 g/mol. The SMILES string of the molecule is Cc1ccc(NC(=O)c2c(Br)c(Cl)nn2C(C)OP(=O)(O)O)c(F)c1. The van der Waals surface area contributed by atoms with E-state index in [1.54, 1.807) is 13.0 Å². The van der Waals surface area contributed by atoms with E-state index in [1.165, 1.54) is 19.1 Å². The first-order chi connectivity index (χ1) is 11.5. The molecule has 0 saturated carbocycles. The van der Waals surface area contributed by atoms with Gasteiger partial charge in [-0.1, -0.05) is 17.7 Å². The zero-order chi connectivity index (χ0) is 18.9. The summed E-state index contributed by atoms with van der Waals surface area (Å²) < 4.78 is 30.4. The van der Waals surface area contributed by atoms with Gasteiger partial charge in [0.2, 0.25) is 0 Å². The first-order valence-corrected chi connectivity index (χ1v) is 9.44. The molecule has 1 aromatic carbocycles. The van der Waals surface area contributed by atoms with Gasteiger partial charge in [-0.05, 0) is 47.5 Å². The molecule has 3 N–H and O–H groups in total. The van der Waals surface area contributed by atoms with Crippen molar-refractivity contribution in [1.82, 2.24) is 9.78 Å². The minimum Gasteiger partial charge on any atom is -0.318 e. The number of anilines is 1. The van der Waals surface area contributed by atoms with Crippen LogP contribution in [0.4, 0.5) is 10.1 Å². The van der Waals surface area contributed by atoms with E-state index in [9.17, 15) is 13.8 Å². The monoisotopic (exact) mass is 455 g/mol. The molecule has 1 aromatic heterocycles. The molecule has 1 atom stereocenters. The number of phosphoric ester groups is 1. The molecule has 0 bridgehead atoms. The van der Waals surface area contributed by atoms with E-state index in [4.69, 9.17) is 21.4 Å². The highest BCUT2D eigenvalue weighted by atomic mass is 79.9. The number of hydrogen-bond donors (Lipinski definition) is 3. The molecule has 0 aliphatic heterocycles. The molecule has 0 spiro atoms. The molecule has 0 radical (unpaired) electrons. The predicted molar refractivity (Wildman–Crippen MR) is 91.9 cm³/mol. The minimum absolute atomic E-state index is 0.0698. The summed E-state index contributed by atoms with van der Waals surface area (Å²) in [5.41, 5.74) is 0.411. The quantitative estimate of drug-likeness (QED) is 0.592. The van der Waals surface area contributed by atoms with Crippen molar-refractivity contribution in [3.05, 3.63) is 44.9 Å². The van der Waals surface area contributed by atoms with Crippen molar-refractivity contribution in [3.63, 3.8) is 0 Å². The molecule has 0 saturated heterocycles. The lowest BCUT2D eigenvalue weighted by Gasteiger charge is -2.16. The molecule has 2 rings (SSSR count). The van der Waals surface area contributed by atoms with Gasteiger partial charge in [-0.3, -0.25) is 9.32 Å².